The van der Waals surface area contributed by atoms with E-state index in [4.69, 9.17) is 0 Å². The molecule has 2 unspecified atom stereocenters. The van der Waals surface area contributed by atoms with Crippen molar-refractivity contribution >= 4 is 17.2 Å². The molecule has 0 spiro atoms. The number of hydrazine groups is 1. The topological polar surface area (TPSA) is 66.1 Å². The zero-order valence-electron chi connectivity index (χ0n) is 10.8. The van der Waals surface area contributed by atoms with Crippen LogP contribution < -0.4 is 16.2 Å². The molecule has 2 aromatic rings. The quantitative estimate of drug-likeness (QED) is 0.807. The van der Waals surface area contributed by atoms with Crippen LogP contribution >= 0.6 is 11.3 Å². The molecule has 1 saturated heterocycles. The Kier molecular flexibility index (Phi) is 3.91. The summed E-state index contributed by atoms with van der Waals surface area (Å²) in [6.07, 6.45) is 0.0165. The van der Waals surface area contributed by atoms with Crippen molar-refractivity contribution in [3.8, 4) is 0 Å². The number of hydrogen-bond acceptors (Lipinski definition) is 5. The van der Waals surface area contributed by atoms with Crippen LogP contribution in [0.15, 0.2) is 29.1 Å². The van der Waals surface area contributed by atoms with Gasteiger partial charge in [0.1, 0.15) is 5.69 Å². The number of thiazole rings is 1. The molecule has 1 aliphatic rings. The maximum atomic E-state index is 13.7. The Morgan fingerprint density at radius 3 is 3.00 bits per heavy atom. The predicted octanol–water partition coefficient (Wildman–Crippen LogP) is 1.72. The molecule has 0 aliphatic carbocycles. The van der Waals surface area contributed by atoms with Crippen LogP contribution in [0, 0.1) is 11.6 Å². The van der Waals surface area contributed by atoms with E-state index in [2.05, 4.69) is 21.2 Å². The summed E-state index contributed by atoms with van der Waals surface area (Å²) in [5.41, 5.74) is 7.84. The van der Waals surface area contributed by atoms with E-state index in [-0.39, 0.29) is 17.6 Å². The molecular weight excluding hydrogens is 298 g/mol. The van der Waals surface area contributed by atoms with E-state index in [1.54, 1.807) is 10.9 Å². The highest BCUT2D eigenvalue weighted by Gasteiger charge is 2.29. The van der Waals surface area contributed by atoms with Crippen LogP contribution in [-0.4, -0.2) is 17.1 Å². The first-order valence-electron chi connectivity index (χ1n) is 6.29. The van der Waals surface area contributed by atoms with E-state index in [9.17, 15) is 13.6 Å². The predicted molar refractivity (Wildman–Crippen MR) is 73.4 cm³/mol. The standard InChI is InChI=1S/C13H12F2N4OS/c14-8-3-1-2-7(12(8)15)9-4-11(19-18-9)17-13(20)10-5-21-6-16-10/h1-3,5-6,9,11,18-19H,4H2,(H,17,20). The Labute approximate surface area is 123 Å². The molecule has 3 N–H and O–H groups in total. The maximum absolute atomic E-state index is 13.7. The Balaban J connectivity index is 1.66. The van der Waals surface area contributed by atoms with E-state index in [1.807, 2.05) is 0 Å². The molecule has 110 valence electrons. The second kappa shape index (κ2) is 5.84. The summed E-state index contributed by atoms with van der Waals surface area (Å²) in [6.45, 7) is 0. The van der Waals surface area contributed by atoms with Crippen LogP contribution in [0.3, 0.4) is 0 Å². The van der Waals surface area contributed by atoms with Crippen molar-refractivity contribution in [2.24, 2.45) is 0 Å². The summed E-state index contributed by atoms with van der Waals surface area (Å²) >= 11 is 1.33. The van der Waals surface area contributed by atoms with Crippen molar-refractivity contribution in [1.82, 2.24) is 21.2 Å². The molecule has 1 aliphatic heterocycles. The summed E-state index contributed by atoms with van der Waals surface area (Å²) in [4.78, 5) is 15.8. The van der Waals surface area contributed by atoms with Gasteiger partial charge in [0, 0.05) is 17.4 Å². The average molecular weight is 310 g/mol. The Bertz CT molecular complexity index is 650. The highest BCUT2D eigenvalue weighted by molar-refractivity contribution is 7.07. The van der Waals surface area contributed by atoms with Gasteiger partial charge >= 0.3 is 0 Å². The fourth-order valence-electron chi connectivity index (χ4n) is 2.20. The first-order chi connectivity index (χ1) is 10.1. The molecule has 5 nitrogen and oxygen atoms in total. The van der Waals surface area contributed by atoms with Gasteiger partial charge in [-0.1, -0.05) is 12.1 Å². The molecule has 3 rings (SSSR count). The summed E-state index contributed by atoms with van der Waals surface area (Å²) < 4.78 is 27.0. The van der Waals surface area contributed by atoms with Crippen LogP contribution in [0.1, 0.15) is 28.5 Å². The number of amides is 1. The SMILES string of the molecule is O=C(NC1CC(c2cccc(F)c2F)NN1)c1cscn1. The van der Waals surface area contributed by atoms with Gasteiger partial charge in [0.05, 0.1) is 17.7 Å². The van der Waals surface area contributed by atoms with E-state index in [1.165, 1.54) is 23.5 Å². The summed E-state index contributed by atoms with van der Waals surface area (Å²) in [6, 6.07) is 3.63. The average Bonchev–Trinajstić information content (AvgIpc) is 3.13. The molecule has 1 fully saturated rings. The molecule has 21 heavy (non-hydrogen) atoms. The maximum Gasteiger partial charge on any atom is 0.272 e. The third kappa shape index (κ3) is 2.92. The summed E-state index contributed by atoms with van der Waals surface area (Å²) in [5, 5.41) is 4.37. The second-order valence-electron chi connectivity index (χ2n) is 4.62. The third-order valence-electron chi connectivity index (χ3n) is 3.23. The smallest absolute Gasteiger partial charge is 0.272 e. The molecule has 1 aromatic heterocycles. The van der Waals surface area contributed by atoms with Crippen molar-refractivity contribution in [3.63, 3.8) is 0 Å². The Morgan fingerprint density at radius 2 is 2.24 bits per heavy atom. The van der Waals surface area contributed by atoms with Crippen LogP contribution in [0.4, 0.5) is 8.78 Å². The van der Waals surface area contributed by atoms with Gasteiger partial charge in [0.2, 0.25) is 0 Å². The minimum absolute atomic E-state index is 0.230. The number of hydrogen-bond donors (Lipinski definition) is 3. The number of benzene rings is 1. The van der Waals surface area contributed by atoms with Crippen LogP contribution in [-0.2, 0) is 0 Å². The van der Waals surface area contributed by atoms with Gasteiger partial charge in [-0.15, -0.1) is 11.3 Å². The minimum atomic E-state index is -0.885. The summed E-state index contributed by atoms with van der Waals surface area (Å²) in [5.74, 6) is -2.07. The lowest BCUT2D eigenvalue weighted by Crippen LogP contribution is -2.44. The van der Waals surface area contributed by atoms with Gasteiger partial charge in [0.25, 0.3) is 5.91 Å². The highest BCUT2D eigenvalue weighted by atomic mass is 32.1. The van der Waals surface area contributed by atoms with Gasteiger partial charge in [-0.2, -0.15) is 0 Å². The summed E-state index contributed by atoms with van der Waals surface area (Å²) in [7, 11) is 0. The zero-order chi connectivity index (χ0) is 14.8. The van der Waals surface area contributed by atoms with Gasteiger partial charge in [0.15, 0.2) is 11.6 Å². The molecule has 8 heteroatoms. The molecule has 0 radical (unpaired) electrons. The first kappa shape index (κ1) is 14.1. The van der Waals surface area contributed by atoms with E-state index in [0.717, 1.165) is 6.07 Å². The van der Waals surface area contributed by atoms with E-state index in [0.29, 0.717) is 12.1 Å². The molecule has 2 atom stereocenters. The minimum Gasteiger partial charge on any atom is -0.334 e. The van der Waals surface area contributed by atoms with E-state index < -0.39 is 17.7 Å². The third-order valence-corrected chi connectivity index (χ3v) is 3.82. The fourth-order valence-corrected chi connectivity index (χ4v) is 2.73. The van der Waals surface area contributed by atoms with Crippen LogP contribution in [0.5, 0.6) is 0 Å². The lowest BCUT2D eigenvalue weighted by molar-refractivity contribution is 0.0928. The van der Waals surface area contributed by atoms with Gasteiger partial charge < -0.3 is 5.32 Å². The van der Waals surface area contributed by atoms with Crippen molar-refractivity contribution in [3.05, 3.63) is 52.0 Å². The van der Waals surface area contributed by atoms with Gasteiger partial charge in [-0.3, -0.25) is 4.79 Å². The van der Waals surface area contributed by atoms with Crippen molar-refractivity contribution in [2.75, 3.05) is 0 Å². The lowest BCUT2D eigenvalue weighted by Gasteiger charge is -2.11. The number of carbonyl (C=O) groups excluding carboxylic acids is 1. The first-order valence-corrected chi connectivity index (χ1v) is 7.23. The monoisotopic (exact) mass is 310 g/mol. The molecular formula is C13H12F2N4OS. The lowest BCUT2D eigenvalue weighted by atomic mass is 10.0. The van der Waals surface area contributed by atoms with Crippen molar-refractivity contribution in [2.45, 2.75) is 18.6 Å². The number of nitrogens with zero attached hydrogens (tertiary/aromatic N) is 1. The number of rotatable bonds is 3. The number of nitrogens with one attached hydrogen (secondary N) is 3. The molecule has 0 bridgehead atoms. The molecule has 0 saturated carbocycles. The highest BCUT2D eigenvalue weighted by Crippen LogP contribution is 2.25. The molecule has 2 heterocycles. The number of carbonyl (C=O) groups is 1. The van der Waals surface area contributed by atoms with Crippen LogP contribution in [0.2, 0.25) is 0 Å². The van der Waals surface area contributed by atoms with Gasteiger partial charge in [-0.25, -0.2) is 24.6 Å². The molecule has 1 aromatic carbocycles. The van der Waals surface area contributed by atoms with Crippen molar-refractivity contribution < 1.29 is 13.6 Å². The Hall–Kier alpha value is -1.90. The second-order valence-corrected chi connectivity index (χ2v) is 5.34. The molecule has 1 amide bonds. The fraction of sp³-hybridized carbons (Fsp3) is 0.231. The van der Waals surface area contributed by atoms with E-state index >= 15 is 0 Å². The van der Waals surface area contributed by atoms with Crippen LogP contribution in [0.25, 0.3) is 0 Å². The van der Waals surface area contributed by atoms with Crippen molar-refractivity contribution in [1.29, 1.82) is 0 Å². The van der Waals surface area contributed by atoms with Gasteiger partial charge in [-0.05, 0) is 6.07 Å². The number of aromatic nitrogens is 1. The number of halogens is 2. The zero-order valence-corrected chi connectivity index (χ0v) is 11.6. The Morgan fingerprint density at radius 1 is 1.38 bits per heavy atom. The normalized spacial score (nSPS) is 21.4. The largest absolute Gasteiger partial charge is 0.334 e.